The number of carbonyl (C=O) groups is 1. The second-order valence-corrected chi connectivity index (χ2v) is 5.99. The fourth-order valence-corrected chi connectivity index (χ4v) is 3.54. The van der Waals surface area contributed by atoms with E-state index in [2.05, 4.69) is 0 Å². The topological polar surface area (TPSA) is 97.5 Å². The van der Waals surface area contributed by atoms with Gasteiger partial charge in [-0.25, -0.2) is 12.8 Å². The average Bonchev–Trinajstić information content (AvgIpc) is 2.48. The number of hydrogen-bond acceptors (Lipinski definition) is 4. The van der Waals surface area contributed by atoms with E-state index in [-0.39, 0.29) is 20.9 Å². The molecule has 7 heteroatoms. The van der Waals surface area contributed by atoms with E-state index in [1.54, 1.807) is 0 Å². The molecule has 18 heavy (non-hydrogen) atoms. The van der Waals surface area contributed by atoms with Gasteiger partial charge in [0.05, 0.1) is 9.80 Å². The Morgan fingerprint density at radius 2 is 2.06 bits per heavy atom. The predicted molar refractivity (Wildman–Crippen MR) is 61.8 cm³/mol. The molecule has 0 amide bonds. The summed E-state index contributed by atoms with van der Waals surface area (Å²) in [7, 11) is -3.84. The van der Waals surface area contributed by atoms with E-state index in [4.69, 9.17) is 10.8 Å². The predicted octanol–water partition coefficient (Wildman–Crippen LogP) is 0.756. The molecule has 0 spiro atoms. The van der Waals surface area contributed by atoms with Crippen LogP contribution in [0.1, 0.15) is 12.5 Å². The lowest BCUT2D eigenvalue weighted by Crippen LogP contribution is -2.31. The Kier molecular flexibility index (Phi) is 2.75. The van der Waals surface area contributed by atoms with E-state index in [1.165, 1.54) is 13.0 Å². The molecule has 1 aromatic carbocycles. The smallest absolute Gasteiger partial charge is 0.325 e. The molecule has 1 heterocycles. The van der Waals surface area contributed by atoms with Gasteiger partial charge >= 0.3 is 5.97 Å². The summed E-state index contributed by atoms with van der Waals surface area (Å²) >= 11 is 0. The Labute approximate surface area is 103 Å². The summed E-state index contributed by atoms with van der Waals surface area (Å²) in [6.07, 6.45) is 0. The number of hydrogen-bond donors (Lipinski definition) is 2. The molecule has 5 nitrogen and oxygen atoms in total. The number of rotatable bonds is 2. The van der Waals surface area contributed by atoms with Gasteiger partial charge in [-0.1, -0.05) is 6.07 Å². The van der Waals surface area contributed by atoms with Crippen molar-refractivity contribution in [2.24, 2.45) is 5.73 Å². The van der Waals surface area contributed by atoms with Crippen molar-refractivity contribution in [1.29, 1.82) is 0 Å². The third-order valence-electron chi connectivity index (χ3n) is 2.88. The maximum Gasteiger partial charge on any atom is 0.325 e. The first kappa shape index (κ1) is 12.7. The van der Waals surface area contributed by atoms with Crippen LogP contribution in [0.15, 0.2) is 28.0 Å². The molecule has 1 atom stereocenters. The van der Waals surface area contributed by atoms with Crippen LogP contribution in [0.25, 0.3) is 5.57 Å². The minimum absolute atomic E-state index is 0.0116. The van der Waals surface area contributed by atoms with Crippen LogP contribution in [0.3, 0.4) is 0 Å². The van der Waals surface area contributed by atoms with E-state index in [0.717, 1.165) is 12.1 Å². The molecule has 0 aliphatic carbocycles. The number of aliphatic carboxylic acids is 1. The fourth-order valence-electron chi connectivity index (χ4n) is 1.95. The second kappa shape index (κ2) is 3.89. The highest BCUT2D eigenvalue weighted by molar-refractivity contribution is 7.95. The molecule has 0 saturated heterocycles. The summed E-state index contributed by atoms with van der Waals surface area (Å²) in [6.45, 7) is 1.27. The molecule has 1 aliphatic heterocycles. The molecule has 3 N–H and O–H groups in total. The maximum absolute atomic E-state index is 13.1. The van der Waals surface area contributed by atoms with Gasteiger partial charge in [0.1, 0.15) is 11.9 Å². The highest BCUT2D eigenvalue weighted by atomic mass is 32.2. The Morgan fingerprint density at radius 3 is 2.61 bits per heavy atom. The van der Waals surface area contributed by atoms with Crippen LogP contribution < -0.4 is 5.73 Å². The molecule has 1 unspecified atom stereocenters. The van der Waals surface area contributed by atoms with Gasteiger partial charge in [-0.05, 0) is 24.6 Å². The van der Waals surface area contributed by atoms with Crippen LogP contribution in [0.2, 0.25) is 0 Å². The Balaban J connectivity index is 2.77. The van der Waals surface area contributed by atoms with Gasteiger partial charge in [-0.3, -0.25) is 4.79 Å². The van der Waals surface area contributed by atoms with Gasteiger partial charge < -0.3 is 10.8 Å². The van der Waals surface area contributed by atoms with E-state index >= 15 is 0 Å². The minimum Gasteiger partial charge on any atom is -0.480 e. The molecular weight excluding hydrogens is 261 g/mol. The standard InChI is InChI=1S/C11H10FNO4S/c1-5-9(10(13)11(14)15)7-3-2-6(12)4-8(7)18(5,16)17/h2-4,10H,13H2,1H3,(H,14,15). The molecule has 1 aliphatic rings. The molecule has 1 aromatic rings. The summed E-state index contributed by atoms with van der Waals surface area (Å²) in [5.74, 6) is -2.04. The van der Waals surface area contributed by atoms with Crippen molar-refractivity contribution in [3.63, 3.8) is 0 Å². The van der Waals surface area contributed by atoms with Gasteiger partial charge in [0, 0.05) is 5.57 Å². The first-order valence-electron chi connectivity index (χ1n) is 5.01. The van der Waals surface area contributed by atoms with Gasteiger partial charge in [0.25, 0.3) is 0 Å². The van der Waals surface area contributed by atoms with Gasteiger partial charge in [-0.2, -0.15) is 0 Å². The lowest BCUT2D eigenvalue weighted by molar-refractivity contribution is -0.137. The van der Waals surface area contributed by atoms with Gasteiger partial charge in [0.15, 0.2) is 0 Å². The van der Waals surface area contributed by atoms with Crippen molar-refractivity contribution in [2.75, 3.05) is 0 Å². The third-order valence-corrected chi connectivity index (χ3v) is 4.83. The molecule has 0 saturated carbocycles. The fraction of sp³-hybridized carbons (Fsp3) is 0.182. The van der Waals surface area contributed by atoms with Crippen LogP contribution in [0, 0.1) is 5.82 Å². The van der Waals surface area contributed by atoms with Crippen LogP contribution in [0.4, 0.5) is 4.39 Å². The SMILES string of the molecule is CC1=C(C(N)C(=O)O)c2ccc(F)cc2S1(=O)=O. The summed E-state index contributed by atoms with van der Waals surface area (Å²) in [4.78, 5) is 10.5. The van der Waals surface area contributed by atoms with Crippen molar-refractivity contribution in [3.8, 4) is 0 Å². The minimum atomic E-state index is -3.84. The molecule has 0 bridgehead atoms. The highest BCUT2D eigenvalue weighted by Gasteiger charge is 2.37. The average molecular weight is 271 g/mol. The molecule has 0 radical (unpaired) electrons. The normalized spacial score (nSPS) is 18.6. The number of allylic oxidation sites excluding steroid dienone is 1. The van der Waals surface area contributed by atoms with Crippen molar-refractivity contribution in [2.45, 2.75) is 17.9 Å². The van der Waals surface area contributed by atoms with Crippen molar-refractivity contribution >= 4 is 21.4 Å². The monoisotopic (exact) mass is 271 g/mol. The quantitative estimate of drug-likeness (QED) is 0.827. The lowest BCUT2D eigenvalue weighted by Gasteiger charge is -2.09. The van der Waals surface area contributed by atoms with Crippen molar-refractivity contribution in [1.82, 2.24) is 0 Å². The molecule has 2 rings (SSSR count). The first-order chi connectivity index (χ1) is 8.26. The van der Waals surface area contributed by atoms with Crippen LogP contribution in [-0.2, 0) is 14.6 Å². The van der Waals surface area contributed by atoms with Crippen LogP contribution in [-0.4, -0.2) is 25.5 Å². The lowest BCUT2D eigenvalue weighted by atomic mass is 9.99. The molecule has 0 aromatic heterocycles. The number of carboxylic acid groups (broad SMARTS) is 1. The summed E-state index contributed by atoms with van der Waals surface area (Å²) < 4.78 is 37.1. The number of halogens is 1. The van der Waals surface area contributed by atoms with Crippen molar-refractivity contribution in [3.05, 3.63) is 34.5 Å². The largest absolute Gasteiger partial charge is 0.480 e. The van der Waals surface area contributed by atoms with E-state index in [9.17, 15) is 17.6 Å². The number of sulfone groups is 1. The Morgan fingerprint density at radius 1 is 1.44 bits per heavy atom. The second-order valence-electron chi connectivity index (χ2n) is 3.93. The zero-order chi connectivity index (χ0) is 13.7. The molecular formula is C11H10FNO4S. The van der Waals surface area contributed by atoms with Gasteiger partial charge in [-0.15, -0.1) is 0 Å². The summed E-state index contributed by atoms with van der Waals surface area (Å²) in [5.41, 5.74) is 5.64. The Hall–Kier alpha value is -1.73. The first-order valence-corrected chi connectivity index (χ1v) is 6.49. The van der Waals surface area contributed by atoms with E-state index < -0.39 is 27.7 Å². The summed E-state index contributed by atoms with van der Waals surface area (Å²) in [6, 6.07) is 1.72. The van der Waals surface area contributed by atoms with Gasteiger partial charge in [0.2, 0.25) is 9.84 Å². The maximum atomic E-state index is 13.1. The van der Waals surface area contributed by atoms with Crippen molar-refractivity contribution < 1.29 is 22.7 Å². The van der Waals surface area contributed by atoms with E-state index in [0.29, 0.717) is 0 Å². The number of fused-ring (bicyclic) bond motifs is 1. The van der Waals surface area contributed by atoms with E-state index in [1.807, 2.05) is 0 Å². The number of benzene rings is 1. The van der Waals surface area contributed by atoms with Crippen LogP contribution >= 0.6 is 0 Å². The van der Waals surface area contributed by atoms with Crippen LogP contribution in [0.5, 0.6) is 0 Å². The number of nitrogens with two attached hydrogens (primary N) is 1. The Bertz CT molecular complexity index is 678. The zero-order valence-electron chi connectivity index (χ0n) is 9.34. The zero-order valence-corrected chi connectivity index (χ0v) is 10.2. The molecule has 96 valence electrons. The third kappa shape index (κ3) is 1.63. The number of carboxylic acids is 1. The highest BCUT2D eigenvalue weighted by Crippen LogP contribution is 2.40. The molecule has 0 fully saturated rings. The summed E-state index contributed by atoms with van der Waals surface area (Å²) in [5, 5.41) is 8.88.